The summed E-state index contributed by atoms with van der Waals surface area (Å²) in [5, 5.41) is 9.96. The summed E-state index contributed by atoms with van der Waals surface area (Å²) >= 11 is 3.43. The van der Waals surface area contributed by atoms with E-state index in [1.54, 1.807) is 18.3 Å². The molecular formula is C14H13BrFN3O. The van der Waals surface area contributed by atoms with Crippen LogP contribution in [0.4, 0.5) is 10.2 Å². The Morgan fingerprint density at radius 1 is 1.30 bits per heavy atom. The first-order valence-corrected chi connectivity index (χ1v) is 7.10. The minimum absolute atomic E-state index is 0.0169. The smallest absolute Gasteiger partial charge is 0.146 e. The zero-order valence-electron chi connectivity index (χ0n) is 10.6. The van der Waals surface area contributed by atoms with E-state index >= 15 is 0 Å². The number of hydrogen-bond donors (Lipinski definition) is 1. The summed E-state index contributed by atoms with van der Waals surface area (Å²) in [7, 11) is 0. The number of β-amino-alcohol motifs (C(OH)–C–C–N with tert-alkyl or cyclic N) is 1. The predicted molar refractivity (Wildman–Crippen MR) is 76.8 cm³/mol. The molecule has 0 spiro atoms. The highest BCUT2D eigenvalue weighted by Gasteiger charge is 2.33. The van der Waals surface area contributed by atoms with E-state index in [1.807, 2.05) is 4.90 Å². The summed E-state index contributed by atoms with van der Waals surface area (Å²) in [6.07, 6.45) is 3.33. The average molecular weight is 338 g/mol. The van der Waals surface area contributed by atoms with Gasteiger partial charge >= 0.3 is 0 Å². The molecule has 1 aliphatic rings. The van der Waals surface area contributed by atoms with Crippen LogP contribution in [0.2, 0.25) is 0 Å². The van der Waals surface area contributed by atoms with Gasteiger partial charge in [0.25, 0.3) is 0 Å². The quantitative estimate of drug-likeness (QED) is 0.915. The average Bonchev–Trinajstić information content (AvgIpc) is 2.82. The zero-order valence-corrected chi connectivity index (χ0v) is 12.2. The van der Waals surface area contributed by atoms with Crippen LogP contribution >= 0.6 is 15.9 Å². The number of aromatic nitrogens is 2. The summed E-state index contributed by atoms with van der Waals surface area (Å²) < 4.78 is 13.8. The number of rotatable bonds is 2. The van der Waals surface area contributed by atoms with Gasteiger partial charge in [-0.1, -0.05) is 12.1 Å². The maximum Gasteiger partial charge on any atom is 0.146 e. The van der Waals surface area contributed by atoms with Crippen LogP contribution in [0.25, 0.3) is 0 Å². The fraction of sp³-hybridized carbons (Fsp3) is 0.286. The fourth-order valence-electron chi connectivity index (χ4n) is 2.57. The van der Waals surface area contributed by atoms with Gasteiger partial charge in [0, 0.05) is 12.7 Å². The van der Waals surface area contributed by atoms with Gasteiger partial charge in [-0.05, 0) is 40.0 Å². The minimum atomic E-state index is -0.424. The Morgan fingerprint density at radius 3 is 2.75 bits per heavy atom. The second-order valence-corrected chi connectivity index (χ2v) is 5.66. The molecule has 1 N–H and O–H groups in total. The van der Waals surface area contributed by atoms with E-state index < -0.39 is 6.10 Å². The van der Waals surface area contributed by atoms with Gasteiger partial charge in [0.2, 0.25) is 0 Å². The first kappa shape index (κ1) is 13.5. The van der Waals surface area contributed by atoms with Crippen molar-refractivity contribution in [2.75, 3.05) is 11.4 Å². The lowest BCUT2D eigenvalue weighted by Gasteiger charge is -2.26. The maximum absolute atomic E-state index is 13.0. The Hall–Kier alpha value is -1.53. The topological polar surface area (TPSA) is 49.2 Å². The van der Waals surface area contributed by atoms with Crippen molar-refractivity contribution >= 4 is 21.7 Å². The van der Waals surface area contributed by atoms with E-state index in [2.05, 4.69) is 25.9 Å². The van der Waals surface area contributed by atoms with Gasteiger partial charge in [0.05, 0.1) is 16.6 Å². The van der Waals surface area contributed by atoms with E-state index in [-0.39, 0.29) is 11.9 Å². The molecule has 0 saturated carbocycles. The van der Waals surface area contributed by atoms with Crippen LogP contribution in [0, 0.1) is 5.82 Å². The molecule has 104 valence electrons. The van der Waals surface area contributed by atoms with E-state index in [0.717, 1.165) is 15.9 Å². The Labute approximate surface area is 124 Å². The molecule has 0 amide bonds. The Balaban J connectivity index is 1.97. The molecule has 6 heteroatoms. The summed E-state index contributed by atoms with van der Waals surface area (Å²) in [4.78, 5) is 10.2. The van der Waals surface area contributed by atoms with Crippen LogP contribution < -0.4 is 4.90 Å². The standard InChI is InChI=1S/C14H13BrFN3O/c15-12-6-17-8-18-14(12)19-7-11(20)5-13(19)9-1-3-10(16)4-2-9/h1-4,6,8,11,13,20H,5,7H2/t11-,13+/m1/s1. The van der Waals surface area contributed by atoms with Gasteiger partial charge in [0.1, 0.15) is 18.0 Å². The van der Waals surface area contributed by atoms with Crippen LogP contribution in [0.1, 0.15) is 18.0 Å². The van der Waals surface area contributed by atoms with Crippen LogP contribution in [0.3, 0.4) is 0 Å². The van der Waals surface area contributed by atoms with E-state index in [0.29, 0.717) is 13.0 Å². The second-order valence-electron chi connectivity index (χ2n) is 4.80. The third kappa shape index (κ3) is 2.53. The summed E-state index contributed by atoms with van der Waals surface area (Å²) in [6.45, 7) is 0.498. The molecule has 1 aliphatic heterocycles. The van der Waals surface area contributed by atoms with Crippen molar-refractivity contribution in [1.29, 1.82) is 0 Å². The number of nitrogens with zero attached hydrogens (tertiary/aromatic N) is 3. The lowest BCUT2D eigenvalue weighted by Crippen LogP contribution is -2.25. The number of aliphatic hydroxyl groups is 1. The molecule has 2 aromatic rings. The van der Waals surface area contributed by atoms with E-state index in [4.69, 9.17) is 0 Å². The number of halogens is 2. The van der Waals surface area contributed by atoms with Gasteiger partial charge in [0.15, 0.2) is 0 Å². The largest absolute Gasteiger partial charge is 0.391 e. The highest BCUT2D eigenvalue weighted by molar-refractivity contribution is 9.10. The number of hydrogen-bond acceptors (Lipinski definition) is 4. The molecule has 0 unspecified atom stereocenters. The van der Waals surface area contributed by atoms with Gasteiger partial charge in [-0.25, -0.2) is 14.4 Å². The number of aliphatic hydroxyl groups excluding tert-OH is 1. The van der Waals surface area contributed by atoms with Crippen LogP contribution in [-0.2, 0) is 0 Å². The lowest BCUT2D eigenvalue weighted by atomic mass is 10.0. The normalized spacial score (nSPS) is 22.2. The van der Waals surface area contributed by atoms with Gasteiger partial charge < -0.3 is 10.0 Å². The van der Waals surface area contributed by atoms with E-state index in [1.165, 1.54) is 18.5 Å². The summed E-state index contributed by atoms with van der Waals surface area (Å²) in [5.41, 5.74) is 0.966. The molecule has 3 rings (SSSR count). The van der Waals surface area contributed by atoms with Gasteiger partial charge in [-0.15, -0.1) is 0 Å². The van der Waals surface area contributed by atoms with Crippen molar-refractivity contribution in [3.05, 3.63) is 52.6 Å². The molecule has 0 radical (unpaired) electrons. The van der Waals surface area contributed by atoms with Gasteiger partial charge in [-0.2, -0.15) is 0 Å². The second kappa shape index (κ2) is 5.46. The molecule has 0 bridgehead atoms. The fourth-order valence-corrected chi connectivity index (χ4v) is 3.01. The molecule has 2 atom stereocenters. The highest BCUT2D eigenvalue weighted by atomic mass is 79.9. The molecule has 1 aromatic heterocycles. The lowest BCUT2D eigenvalue weighted by molar-refractivity contribution is 0.194. The first-order valence-electron chi connectivity index (χ1n) is 6.31. The van der Waals surface area contributed by atoms with Crippen molar-refractivity contribution in [3.63, 3.8) is 0 Å². The van der Waals surface area contributed by atoms with Crippen LogP contribution in [-0.4, -0.2) is 27.7 Å². The van der Waals surface area contributed by atoms with Crippen LogP contribution in [0.15, 0.2) is 41.3 Å². The molecule has 1 fully saturated rings. The molecule has 2 heterocycles. The highest BCUT2D eigenvalue weighted by Crippen LogP contribution is 2.37. The Morgan fingerprint density at radius 2 is 2.05 bits per heavy atom. The molecule has 1 aromatic carbocycles. The Bertz CT molecular complexity index is 608. The number of benzene rings is 1. The van der Waals surface area contributed by atoms with Gasteiger partial charge in [-0.3, -0.25) is 0 Å². The number of anilines is 1. The SMILES string of the molecule is O[C@@H]1C[C@@H](c2ccc(F)cc2)N(c2ncncc2Br)C1. The minimum Gasteiger partial charge on any atom is -0.391 e. The van der Waals surface area contributed by atoms with Crippen molar-refractivity contribution < 1.29 is 9.50 Å². The van der Waals surface area contributed by atoms with Crippen molar-refractivity contribution in [2.24, 2.45) is 0 Å². The zero-order chi connectivity index (χ0) is 14.1. The van der Waals surface area contributed by atoms with Crippen molar-refractivity contribution in [2.45, 2.75) is 18.6 Å². The van der Waals surface area contributed by atoms with Crippen molar-refractivity contribution in [1.82, 2.24) is 9.97 Å². The molecule has 0 aliphatic carbocycles. The predicted octanol–water partition coefficient (Wildman–Crippen LogP) is 2.69. The Kier molecular flexibility index (Phi) is 3.67. The monoisotopic (exact) mass is 337 g/mol. The third-order valence-corrected chi connectivity index (χ3v) is 4.01. The molecule has 4 nitrogen and oxygen atoms in total. The third-order valence-electron chi connectivity index (χ3n) is 3.45. The van der Waals surface area contributed by atoms with E-state index in [9.17, 15) is 9.50 Å². The summed E-state index contributed by atoms with van der Waals surface area (Å²) in [6, 6.07) is 6.36. The van der Waals surface area contributed by atoms with Crippen LogP contribution in [0.5, 0.6) is 0 Å². The summed E-state index contributed by atoms with van der Waals surface area (Å²) in [5.74, 6) is 0.480. The van der Waals surface area contributed by atoms with Crippen molar-refractivity contribution in [3.8, 4) is 0 Å². The molecular weight excluding hydrogens is 325 g/mol. The maximum atomic E-state index is 13.0. The molecule has 1 saturated heterocycles. The first-order chi connectivity index (χ1) is 9.65. The molecule has 20 heavy (non-hydrogen) atoms.